The molecule has 0 radical (unpaired) electrons. The quantitative estimate of drug-likeness (QED) is 0.342. The van der Waals surface area contributed by atoms with Crippen molar-refractivity contribution < 1.29 is 9.53 Å². The number of amides is 1. The zero-order valence-electron chi connectivity index (χ0n) is 18.1. The molecule has 168 valence electrons. The second-order valence-electron chi connectivity index (χ2n) is 7.57. The van der Waals surface area contributed by atoms with Crippen LogP contribution in [0.5, 0.6) is 5.75 Å². The van der Waals surface area contributed by atoms with E-state index in [1.807, 2.05) is 65.5 Å². The third-order valence-electron chi connectivity index (χ3n) is 5.32. The van der Waals surface area contributed by atoms with Crippen LogP contribution in [0.4, 0.5) is 0 Å². The number of aromatic nitrogens is 2. The third kappa shape index (κ3) is 5.75. The van der Waals surface area contributed by atoms with Gasteiger partial charge in [0.15, 0.2) is 0 Å². The van der Waals surface area contributed by atoms with Crippen LogP contribution in [0, 0.1) is 0 Å². The van der Waals surface area contributed by atoms with Gasteiger partial charge in [0, 0.05) is 23.3 Å². The molecule has 3 aromatic carbocycles. The maximum absolute atomic E-state index is 12.8. The summed E-state index contributed by atoms with van der Waals surface area (Å²) < 4.78 is 7.06. The first-order valence-corrected chi connectivity index (χ1v) is 11.3. The van der Waals surface area contributed by atoms with Crippen LogP contribution in [0.1, 0.15) is 21.5 Å². The molecule has 4 aromatic rings. The van der Waals surface area contributed by atoms with Crippen molar-refractivity contribution in [3.63, 3.8) is 0 Å². The van der Waals surface area contributed by atoms with Gasteiger partial charge >= 0.3 is 0 Å². The van der Waals surface area contributed by atoms with Gasteiger partial charge in [0.25, 0.3) is 5.91 Å². The monoisotopic (exact) mass is 479 g/mol. The van der Waals surface area contributed by atoms with Gasteiger partial charge in [-0.1, -0.05) is 59.6 Å². The molecule has 0 atom stereocenters. The van der Waals surface area contributed by atoms with Gasteiger partial charge in [-0.25, -0.2) is 0 Å². The number of nitrogens with zero attached hydrogens (tertiary/aromatic N) is 2. The number of hydrogen-bond donors (Lipinski definition) is 1. The molecule has 0 unspecified atom stereocenters. The summed E-state index contributed by atoms with van der Waals surface area (Å²) in [6, 6.07) is 20.9. The lowest BCUT2D eigenvalue weighted by atomic mass is 10.1. The van der Waals surface area contributed by atoms with Gasteiger partial charge in [0.05, 0.1) is 30.4 Å². The van der Waals surface area contributed by atoms with Gasteiger partial charge in [-0.05, 0) is 53.4 Å². The number of carbonyl (C=O) groups excluding carboxylic acids is 1. The summed E-state index contributed by atoms with van der Waals surface area (Å²) in [6.07, 6.45) is 4.37. The maximum Gasteiger partial charge on any atom is 0.252 e. The van der Waals surface area contributed by atoms with E-state index in [1.54, 1.807) is 25.4 Å². The van der Waals surface area contributed by atoms with Crippen molar-refractivity contribution in [1.82, 2.24) is 15.1 Å². The number of hydrogen-bond acceptors (Lipinski definition) is 3. The fourth-order valence-corrected chi connectivity index (χ4v) is 3.94. The van der Waals surface area contributed by atoms with Crippen molar-refractivity contribution in [1.29, 1.82) is 0 Å². The van der Waals surface area contributed by atoms with Gasteiger partial charge in [0.2, 0.25) is 0 Å². The molecular formula is C26H23Cl2N3O2. The number of rotatable bonds is 8. The highest BCUT2D eigenvalue weighted by Crippen LogP contribution is 2.25. The second-order valence-corrected chi connectivity index (χ2v) is 8.38. The summed E-state index contributed by atoms with van der Waals surface area (Å²) in [5.41, 5.74) is 4.31. The van der Waals surface area contributed by atoms with Gasteiger partial charge in [-0.2, -0.15) is 5.10 Å². The lowest BCUT2D eigenvalue weighted by Gasteiger charge is -2.09. The molecule has 33 heavy (non-hydrogen) atoms. The Kier molecular flexibility index (Phi) is 7.33. The van der Waals surface area contributed by atoms with Crippen LogP contribution in [0.25, 0.3) is 11.1 Å². The van der Waals surface area contributed by atoms with Crippen LogP contribution in [-0.4, -0.2) is 29.3 Å². The van der Waals surface area contributed by atoms with Crippen LogP contribution in [0.15, 0.2) is 79.1 Å². The van der Waals surface area contributed by atoms with Crippen LogP contribution < -0.4 is 10.1 Å². The molecule has 1 heterocycles. The van der Waals surface area contributed by atoms with Crippen LogP contribution >= 0.6 is 23.2 Å². The van der Waals surface area contributed by atoms with E-state index < -0.39 is 0 Å². The largest absolute Gasteiger partial charge is 0.497 e. The molecule has 0 fully saturated rings. The molecule has 0 saturated heterocycles. The Labute approximate surface area is 202 Å². The smallest absolute Gasteiger partial charge is 0.252 e. The number of methoxy groups -OCH3 is 1. The van der Waals surface area contributed by atoms with E-state index >= 15 is 0 Å². The van der Waals surface area contributed by atoms with Gasteiger partial charge in [0.1, 0.15) is 5.75 Å². The maximum atomic E-state index is 12.8. The Bertz CT molecular complexity index is 1250. The predicted octanol–water partition coefficient (Wildman–Crippen LogP) is 5.89. The van der Waals surface area contributed by atoms with Gasteiger partial charge in [-0.3, -0.25) is 9.48 Å². The highest BCUT2D eigenvalue weighted by atomic mass is 35.5. The van der Waals surface area contributed by atoms with Crippen molar-refractivity contribution in [2.75, 3.05) is 13.7 Å². The number of carbonyl (C=O) groups is 1. The fourth-order valence-electron chi connectivity index (χ4n) is 3.50. The molecular weight excluding hydrogens is 457 g/mol. The lowest BCUT2D eigenvalue weighted by molar-refractivity contribution is 0.0954. The molecule has 1 amide bonds. The van der Waals surface area contributed by atoms with E-state index in [0.29, 0.717) is 35.1 Å². The molecule has 1 N–H and O–H groups in total. The summed E-state index contributed by atoms with van der Waals surface area (Å²) in [7, 11) is 1.65. The van der Waals surface area contributed by atoms with Crippen molar-refractivity contribution >= 4 is 29.1 Å². The Balaban J connectivity index is 1.43. The molecule has 0 aliphatic carbocycles. The molecule has 5 nitrogen and oxygen atoms in total. The predicted molar refractivity (Wildman–Crippen MR) is 132 cm³/mol. The summed E-state index contributed by atoms with van der Waals surface area (Å²) >= 11 is 12.5. The molecule has 0 spiro atoms. The highest BCUT2D eigenvalue weighted by molar-refractivity contribution is 6.34. The Morgan fingerprint density at radius 1 is 1.00 bits per heavy atom. The fraction of sp³-hybridized carbons (Fsp3) is 0.154. The first kappa shape index (κ1) is 22.9. The van der Waals surface area contributed by atoms with Crippen LogP contribution in [0.3, 0.4) is 0 Å². The second kappa shape index (κ2) is 10.6. The van der Waals surface area contributed by atoms with Crippen LogP contribution in [-0.2, 0) is 13.0 Å². The van der Waals surface area contributed by atoms with E-state index in [-0.39, 0.29) is 5.91 Å². The van der Waals surface area contributed by atoms with Crippen LogP contribution in [0.2, 0.25) is 10.0 Å². The normalized spacial score (nSPS) is 10.8. The number of halogens is 2. The summed E-state index contributed by atoms with van der Waals surface area (Å²) in [6.45, 7) is 1.09. The Morgan fingerprint density at radius 2 is 1.79 bits per heavy atom. The van der Waals surface area contributed by atoms with E-state index in [1.165, 1.54) is 0 Å². The number of nitrogens with one attached hydrogen (secondary N) is 1. The number of ether oxygens (including phenoxy) is 1. The zero-order valence-corrected chi connectivity index (χ0v) is 19.6. The standard InChI is InChI=1S/C26H23Cl2N3O2/c1-33-22-9-6-18(7-10-22)16-31-17-21(15-30-31)20-8-11-25(28)23(14-20)26(32)29-13-12-19-4-2-3-5-24(19)27/h2-11,14-15,17H,12-13,16H2,1H3,(H,29,32). The van der Waals surface area contributed by atoms with E-state index in [4.69, 9.17) is 27.9 Å². The topological polar surface area (TPSA) is 56.1 Å². The summed E-state index contributed by atoms with van der Waals surface area (Å²) in [4.78, 5) is 12.8. The van der Waals surface area contributed by atoms with Gasteiger partial charge in [-0.15, -0.1) is 0 Å². The number of benzene rings is 3. The SMILES string of the molecule is COc1ccc(Cn2cc(-c3ccc(Cl)c(C(=O)NCCc4ccccc4Cl)c3)cn2)cc1. The molecule has 0 bridgehead atoms. The van der Waals surface area contributed by atoms with Crippen molar-refractivity contribution in [2.24, 2.45) is 0 Å². The van der Waals surface area contributed by atoms with E-state index in [2.05, 4.69) is 10.4 Å². The molecule has 0 saturated carbocycles. The van der Waals surface area contributed by atoms with Crippen molar-refractivity contribution in [2.45, 2.75) is 13.0 Å². The van der Waals surface area contributed by atoms with E-state index in [9.17, 15) is 4.79 Å². The highest BCUT2D eigenvalue weighted by Gasteiger charge is 2.13. The summed E-state index contributed by atoms with van der Waals surface area (Å²) in [5, 5.41) is 8.48. The van der Waals surface area contributed by atoms with Crippen molar-refractivity contribution in [3.8, 4) is 16.9 Å². The lowest BCUT2D eigenvalue weighted by Crippen LogP contribution is -2.26. The molecule has 0 aliphatic rings. The minimum absolute atomic E-state index is 0.223. The molecule has 4 rings (SSSR count). The minimum atomic E-state index is -0.223. The molecule has 0 aliphatic heterocycles. The molecule has 1 aromatic heterocycles. The summed E-state index contributed by atoms with van der Waals surface area (Å²) in [5.74, 6) is 0.596. The first-order chi connectivity index (χ1) is 16.0. The first-order valence-electron chi connectivity index (χ1n) is 10.5. The van der Waals surface area contributed by atoms with Gasteiger partial charge < -0.3 is 10.1 Å². The minimum Gasteiger partial charge on any atom is -0.497 e. The average Bonchev–Trinajstić information content (AvgIpc) is 3.29. The van der Waals surface area contributed by atoms with E-state index in [0.717, 1.165) is 28.0 Å². The Morgan fingerprint density at radius 3 is 2.55 bits per heavy atom. The average molecular weight is 480 g/mol. The Hall–Kier alpha value is -3.28. The third-order valence-corrected chi connectivity index (χ3v) is 6.02. The zero-order chi connectivity index (χ0) is 23.2. The van der Waals surface area contributed by atoms with Crippen molar-refractivity contribution in [3.05, 3.63) is 106 Å². The molecule has 7 heteroatoms.